The zero-order valence-corrected chi connectivity index (χ0v) is 12.2. The van der Waals surface area contributed by atoms with E-state index in [0.717, 1.165) is 12.5 Å². The van der Waals surface area contributed by atoms with E-state index < -0.39 is 17.2 Å². The Morgan fingerprint density at radius 1 is 1.32 bits per heavy atom. The molecule has 0 atom stereocenters. The summed E-state index contributed by atoms with van der Waals surface area (Å²) in [5, 5.41) is 1.66. The molecule has 0 saturated carbocycles. The average molecular weight is 310 g/mol. The minimum Gasteiger partial charge on any atom is -0.361 e. The van der Waals surface area contributed by atoms with Gasteiger partial charge in [0.25, 0.3) is 5.56 Å². The lowest BCUT2D eigenvalue weighted by Crippen LogP contribution is -2.32. The summed E-state index contributed by atoms with van der Waals surface area (Å²) in [6.07, 6.45) is 0.791. The molecular weight excluding hydrogens is 294 g/mol. The molecule has 2 heterocycles. The largest absolute Gasteiger partial charge is 0.361 e. The Hall–Kier alpha value is -2.19. The normalized spacial score (nSPS) is 13.5. The van der Waals surface area contributed by atoms with Crippen LogP contribution in [0.25, 0.3) is 10.8 Å². The molecule has 0 bridgehead atoms. The fourth-order valence-corrected chi connectivity index (χ4v) is 2.53. The zero-order valence-electron chi connectivity index (χ0n) is 12.2. The molecule has 0 saturated heterocycles. The maximum absolute atomic E-state index is 14.1. The molecule has 1 aromatic carbocycles. The Labute approximate surface area is 125 Å². The van der Waals surface area contributed by atoms with Gasteiger partial charge in [-0.05, 0) is 18.6 Å². The summed E-state index contributed by atoms with van der Waals surface area (Å²) in [4.78, 5) is 12.6. The van der Waals surface area contributed by atoms with Crippen molar-refractivity contribution in [3.05, 3.63) is 34.1 Å². The van der Waals surface area contributed by atoms with Crippen LogP contribution < -0.4 is 21.5 Å². The SMILES string of the molecule is CCCOCn1c2c(c3ccc(F)c(F)c3c1=O)N(C)NN2. The highest BCUT2D eigenvalue weighted by Crippen LogP contribution is 2.35. The molecule has 0 unspecified atom stereocenters. The van der Waals surface area contributed by atoms with Crippen LogP contribution in [0.5, 0.6) is 0 Å². The summed E-state index contributed by atoms with van der Waals surface area (Å²) in [6.45, 7) is 2.37. The van der Waals surface area contributed by atoms with E-state index in [9.17, 15) is 13.6 Å². The number of nitrogens with zero attached hydrogens (tertiary/aromatic N) is 2. The van der Waals surface area contributed by atoms with Gasteiger partial charge < -0.3 is 4.74 Å². The van der Waals surface area contributed by atoms with Crippen molar-refractivity contribution >= 4 is 22.3 Å². The van der Waals surface area contributed by atoms with Gasteiger partial charge in [-0.2, -0.15) is 0 Å². The first-order chi connectivity index (χ1) is 10.6. The highest BCUT2D eigenvalue weighted by Gasteiger charge is 2.26. The molecule has 2 aromatic rings. The molecule has 6 nitrogen and oxygen atoms in total. The van der Waals surface area contributed by atoms with Crippen LogP contribution in [0.1, 0.15) is 13.3 Å². The van der Waals surface area contributed by atoms with Crippen LogP contribution >= 0.6 is 0 Å². The van der Waals surface area contributed by atoms with Crippen LogP contribution in [0.4, 0.5) is 20.3 Å². The zero-order chi connectivity index (χ0) is 15.9. The highest BCUT2D eigenvalue weighted by atomic mass is 19.2. The Bertz CT molecular complexity index is 791. The standard InChI is InChI=1S/C14H16F2N4O2/c1-3-6-22-7-20-13-12(19(2)18-17-13)8-4-5-9(15)11(16)10(8)14(20)21/h4-5,17-18H,3,6-7H2,1-2H3. The van der Waals surface area contributed by atoms with Crippen LogP contribution in [-0.2, 0) is 11.5 Å². The molecule has 118 valence electrons. The molecule has 8 heteroatoms. The van der Waals surface area contributed by atoms with Crippen LogP contribution in [0.15, 0.2) is 16.9 Å². The molecule has 3 rings (SSSR count). The summed E-state index contributed by atoms with van der Waals surface area (Å²) >= 11 is 0. The van der Waals surface area contributed by atoms with E-state index in [1.807, 2.05) is 6.92 Å². The van der Waals surface area contributed by atoms with E-state index >= 15 is 0 Å². The lowest BCUT2D eigenvalue weighted by Gasteiger charge is -2.16. The number of hydrogen-bond donors (Lipinski definition) is 2. The van der Waals surface area contributed by atoms with Gasteiger partial charge in [0.05, 0.1) is 5.39 Å². The van der Waals surface area contributed by atoms with Gasteiger partial charge in [0, 0.05) is 19.0 Å². The van der Waals surface area contributed by atoms with E-state index in [4.69, 9.17) is 4.74 Å². The first-order valence-corrected chi connectivity index (χ1v) is 6.94. The second-order valence-corrected chi connectivity index (χ2v) is 5.05. The van der Waals surface area contributed by atoms with E-state index in [-0.39, 0.29) is 12.1 Å². The molecule has 22 heavy (non-hydrogen) atoms. The number of halogens is 2. The predicted molar refractivity (Wildman–Crippen MR) is 79.5 cm³/mol. The van der Waals surface area contributed by atoms with Gasteiger partial charge >= 0.3 is 0 Å². The van der Waals surface area contributed by atoms with Crippen molar-refractivity contribution in [2.75, 3.05) is 24.1 Å². The molecule has 1 aromatic heterocycles. The van der Waals surface area contributed by atoms with Crippen molar-refractivity contribution in [3.8, 4) is 0 Å². The minimum atomic E-state index is -1.14. The number of rotatable bonds is 4. The van der Waals surface area contributed by atoms with E-state index in [2.05, 4.69) is 11.0 Å². The number of anilines is 2. The molecule has 1 aliphatic rings. The van der Waals surface area contributed by atoms with Gasteiger partial charge in [-0.3, -0.25) is 19.8 Å². The maximum atomic E-state index is 14.1. The number of pyridine rings is 1. The van der Waals surface area contributed by atoms with Crippen molar-refractivity contribution in [3.63, 3.8) is 0 Å². The maximum Gasteiger partial charge on any atom is 0.265 e. The lowest BCUT2D eigenvalue weighted by atomic mass is 10.1. The van der Waals surface area contributed by atoms with E-state index in [0.29, 0.717) is 23.5 Å². The second-order valence-electron chi connectivity index (χ2n) is 5.05. The first kappa shape index (κ1) is 14.7. The third-order valence-electron chi connectivity index (χ3n) is 3.55. The molecule has 0 amide bonds. The molecule has 0 radical (unpaired) electrons. The van der Waals surface area contributed by atoms with Crippen LogP contribution in [0, 0.1) is 11.6 Å². The Morgan fingerprint density at radius 3 is 2.82 bits per heavy atom. The summed E-state index contributed by atoms with van der Waals surface area (Å²) in [7, 11) is 1.71. The van der Waals surface area contributed by atoms with Gasteiger partial charge in [-0.25, -0.2) is 8.78 Å². The van der Waals surface area contributed by atoms with Crippen molar-refractivity contribution < 1.29 is 13.5 Å². The van der Waals surface area contributed by atoms with Crippen molar-refractivity contribution in [1.82, 2.24) is 10.1 Å². The van der Waals surface area contributed by atoms with Crippen LogP contribution in [0.2, 0.25) is 0 Å². The fourth-order valence-electron chi connectivity index (χ4n) is 2.53. The molecular formula is C14H16F2N4O2. The average Bonchev–Trinajstić information content (AvgIpc) is 2.87. The Morgan fingerprint density at radius 2 is 2.09 bits per heavy atom. The van der Waals surface area contributed by atoms with Crippen molar-refractivity contribution in [2.24, 2.45) is 0 Å². The first-order valence-electron chi connectivity index (χ1n) is 6.94. The van der Waals surface area contributed by atoms with Crippen molar-refractivity contribution in [1.29, 1.82) is 0 Å². The smallest absolute Gasteiger partial charge is 0.265 e. The predicted octanol–water partition coefficient (Wildman–Crippen LogP) is 1.95. The van der Waals surface area contributed by atoms with E-state index in [1.54, 1.807) is 12.1 Å². The van der Waals surface area contributed by atoms with Crippen LogP contribution in [-0.4, -0.2) is 18.2 Å². The monoisotopic (exact) mass is 310 g/mol. The van der Waals surface area contributed by atoms with Gasteiger partial charge in [-0.15, -0.1) is 5.53 Å². The summed E-state index contributed by atoms with van der Waals surface area (Å²) in [5.41, 5.74) is 5.61. The number of aromatic nitrogens is 1. The number of fused-ring (bicyclic) bond motifs is 3. The van der Waals surface area contributed by atoms with Gasteiger partial charge in [-0.1, -0.05) is 6.92 Å². The van der Waals surface area contributed by atoms with Gasteiger partial charge in [0.15, 0.2) is 17.5 Å². The third kappa shape index (κ3) is 2.11. The topological polar surface area (TPSA) is 58.5 Å². The second kappa shape index (κ2) is 5.54. The summed E-state index contributed by atoms with van der Waals surface area (Å²) < 4.78 is 34.3. The quantitative estimate of drug-likeness (QED) is 0.845. The Kier molecular flexibility index (Phi) is 3.71. The number of hydrogen-bond acceptors (Lipinski definition) is 5. The van der Waals surface area contributed by atoms with Gasteiger partial charge in [0.1, 0.15) is 12.4 Å². The number of benzene rings is 1. The number of nitrogens with one attached hydrogen (secondary N) is 2. The fraction of sp³-hybridized carbons (Fsp3) is 0.357. The summed E-state index contributed by atoms with van der Waals surface area (Å²) in [5.74, 6) is -1.73. The molecule has 0 fully saturated rings. The lowest BCUT2D eigenvalue weighted by molar-refractivity contribution is 0.0769. The Balaban J connectivity index is 2.29. The van der Waals surface area contributed by atoms with Crippen LogP contribution in [0.3, 0.4) is 0 Å². The van der Waals surface area contributed by atoms with Gasteiger partial charge in [0.2, 0.25) is 0 Å². The number of ether oxygens (including phenoxy) is 1. The molecule has 0 aliphatic carbocycles. The minimum absolute atomic E-state index is 0.0383. The number of hydrazine groups is 2. The molecule has 2 N–H and O–H groups in total. The highest BCUT2D eigenvalue weighted by molar-refractivity contribution is 6.00. The summed E-state index contributed by atoms with van der Waals surface area (Å²) in [6, 6.07) is 2.41. The third-order valence-corrected chi connectivity index (χ3v) is 3.55. The van der Waals surface area contributed by atoms with E-state index in [1.165, 1.54) is 10.6 Å². The molecule has 1 aliphatic heterocycles. The van der Waals surface area contributed by atoms with Crippen molar-refractivity contribution in [2.45, 2.75) is 20.1 Å². The molecule has 0 spiro atoms.